The number of fused-ring (bicyclic) bond motifs is 1. The second kappa shape index (κ2) is 10.7. The van der Waals surface area contributed by atoms with Gasteiger partial charge in [0, 0.05) is 54.4 Å². The minimum Gasteiger partial charge on any atom is -0.380 e. The minimum absolute atomic E-state index is 0.572. The lowest BCUT2D eigenvalue weighted by Crippen LogP contribution is -2.43. The fourth-order valence-electron chi connectivity index (χ4n) is 4.38. The van der Waals surface area contributed by atoms with Crippen LogP contribution in [-0.4, -0.2) is 35.5 Å². The van der Waals surface area contributed by atoms with E-state index in [1.54, 1.807) is 0 Å². The van der Waals surface area contributed by atoms with E-state index in [9.17, 15) is 0 Å². The maximum absolute atomic E-state index is 6.20. The summed E-state index contributed by atoms with van der Waals surface area (Å²) in [6.07, 6.45) is 0. The van der Waals surface area contributed by atoms with E-state index < -0.39 is 0 Å². The van der Waals surface area contributed by atoms with E-state index in [4.69, 9.17) is 28.2 Å². The van der Waals surface area contributed by atoms with Gasteiger partial charge in [-0.2, -0.15) is 0 Å². The van der Waals surface area contributed by atoms with Gasteiger partial charge >= 0.3 is 0 Å². The number of hydrogen-bond acceptors (Lipinski definition) is 5. The molecule has 4 aromatic rings. The molecule has 1 N–H and O–H groups in total. The first-order chi connectivity index (χ1) is 17.0. The number of nitrogens with one attached hydrogen (secondary N) is 1. The summed E-state index contributed by atoms with van der Waals surface area (Å²) in [5.74, 6) is 0. The molecule has 0 aliphatic carbocycles. The van der Waals surface area contributed by atoms with E-state index in [2.05, 4.69) is 76.9 Å². The van der Waals surface area contributed by atoms with Gasteiger partial charge in [-0.1, -0.05) is 59.1 Å². The first-order valence-electron chi connectivity index (χ1n) is 11.8. The number of para-hydroxylation sites is 1. The maximum Gasteiger partial charge on any atom is 0.0959 e. The van der Waals surface area contributed by atoms with Gasteiger partial charge in [0.05, 0.1) is 21.2 Å². The summed E-state index contributed by atoms with van der Waals surface area (Å²) in [6.45, 7) is 8.79. The van der Waals surface area contributed by atoms with Crippen LogP contribution in [0.25, 0.3) is 10.9 Å². The molecule has 0 amide bonds. The Bertz CT molecular complexity index is 1340. The largest absolute Gasteiger partial charge is 0.380 e. The Morgan fingerprint density at radius 1 is 0.886 bits per heavy atom. The fourth-order valence-corrected chi connectivity index (χ4v) is 5.60. The third-order valence-electron chi connectivity index (χ3n) is 6.25. The van der Waals surface area contributed by atoms with Crippen molar-refractivity contribution in [3.63, 3.8) is 0 Å². The van der Waals surface area contributed by atoms with Gasteiger partial charge in [0.15, 0.2) is 0 Å². The zero-order valence-electron chi connectivity index (χ0n) is 19.9. The van der Waals surface area contributed by atoms with Gasteiger partial charge in [0.25, 0.3) is 0 Å². The molecule has 0 bridgehead atoms. The van der Waals surface area contributed by atoms with Crippen molar-refractivity contribution < 1.29 is 0 Å². The van der Waals surface area contributed by atoms with Crippen LogP contribution in [0.15, 0.2) is 71.6 Å². The molecule has 0 radical (unpaired) electrons. The average Bonchev–Trinajstić information content (AvgIpc) is 2.86. The van der Waals surface area contributed by atoms with E-state index in [1.165, 1.54) is 16.1 Å². The Labute approximate surface area is 221 Å². The monoisotopic (exact) mass is 522 g/mol. The van der Waals surface area contributed by atoms with E-state index in [1.807, 2.05) is 30.1 Å². The summed E-state index contributed by atoms with van der Waals surface area (Å²) in [7, 11) is 0. The van der Waals surface area contributed by atoms with Crippen molar-refractivity contribution in [2.75, 3.05) is 36.4 Å². The summed E-state index contributed by atoms with van der Waals surface area (Å²) >= 11 is 14.1. The summed E-state index contributed by atoms with van der Waals surface area (Å²) < 4.78 is 2.45. The fraction of sp³-hybridized carbons (Fsp3) is 0.250. The molecule has 1 aromatic heterocycles. The number of hydrogen-bond donors (Lipinski definition) is 1. The van der Waals surface area contributed by atoms with Crippen LogP contribution in [0.1, 0.15) is 16.8 Å². The molecule has 2 heterocycles. The van der Waals surface area contributed by atoms with Gasteiger partial charge in [-0.05, 0) is 67.8 Å². The second-order valence-electron chi connectivity index (χ2n) is 8.91. The molecule has 1 saturated heterocycles. The topological polar surface area (TPSA) is 31.4 Å². The summed E-state index contributed by atoms with van der Waals surface area (Å²) in [5, 5.41) is 5.86. The van der Waals surface area contributed by atoms with Crippen molar-refractivity contribution in [2.45, 2.75) is 25.3 Å². The number of piperazine rings is 1. The van der Waals surface area contributed by atoms with E-state index >= 15 is 0 Å². The van der Waals surface area contributed by atoms with Crippen LogP contribution in [0, 0.1) is 13.8 Å². The molecule has 0 spiro atoms. The summed E-state index contributed by atoms with van der Waals surface area (Å²) in [6, 6.07) is 23.1. The lowest BCUT2D eigenvalue weighted by Gasteiger charge is -2.35. The molecule has 7 heteroatoms. The quantitative estimate of drug-likeness (QED) is 0.263. The highest BCUT2D eigenvalue weighted by Crippen LogP contribution is 2.33. The van der Waals surface area contributed by atoms with Crippen LogP contribution in [0.4, 0.5) is 11.4 Å². The number of anilines is 2. The van der Waals surface area contributed by atoms with Crippen LogP contribution in [0.2, 0.25) is 10.0 Å². The first kappa shape index (κ1) is 24.3. The molecule has 180 valence electrons. The van der Waals surface area contributed by atoms with Gasteiger partial charge in [-0.3, -0.25) is 4.98 Å². The molecule has 1 aliphatic rings. The summed E-state index contributed by atoms with van der Waals surface area (Å²) in [4.78, 5) is 8.71. The first-order valence-corrected chi connectivity index (χ1v) is 13.3. The van der Waals surface area contributed by atoms with E-state index in [0.29, 0.717) is 16.6 Å². The van der Waals surface area contributed by atoms with Crippen molar-refractivity contribution in [2.24, 2.45) is 0 Å². The Morgan fingerprint density at radius 2 is 1.66 bits per heavy atom. The van der Waals surface area contributed by atoms with Crippen molar-refractivity contribution in [1.29, 1.82) is 0 Å². The SMILES string of the molecule is Cc1ccc(SN2CCN(c3cccc4c(NCc5ccc(Cl)c(Cl)c5)cc(C)nc34)CC2)cc1. The number of benzene rings is 3. The summed E-state index contributed by atoms with van der Waals surface area (Å²) in [5.41, 5.74) is 6.70. The highest BCUT2D eigenvalue weighted by molar-refractivity contribution is 7.97. The molecule has 1 fully saturated rings. The zero-order valence-corrected chi connectivity index (χ0v) is 22.2. The second-order valence-corrected chi connectivity index (χ2v) is 10.9. The normalized spacial score (nSPS) is 14.5. The molecule has 0 unspecified atom stereocenters. The van der Waals surface area contributed by atoms with Gasteiger partial charge in [-0.25, -0.2) is 4.31 Å². The van der Waals surface area contributed by atoms with E-state index in [0.717, 1.165) is 54.0 Å². The van der Waals surface area contributed by atoms with Gasteiger partial charge < -0.3 is 10.2 Å². The molecule has 0 atom stereocenters. The Balaban J connectivity index is 1.32. The number of aryl methyl sites for hydroxylation is 2. The van der Waals surface area contributed by atoms with Gasteiger partial charge in [-0.15, -0.1) is 0 Å². The molecule has 3 aromatic carbocycles. The average molecular weight is 524 g/mol. The van der Waals surface area contributed by atoms with Gasteiger partial charge in [0.2, 0.25) is 0 Å². The predicted octanol–water partition coefficient (Wildman–Crippen LogP) is 7.60. The third-order valence-corrected chi connectivity index (χ3v) is 8.09. The Hall–Kier alpha value is -2.44. The lowest BCUT2D eigenvalue weighted by atomic mass is 10.1. The van der Waals surface area contributed by atoms with E-state index in [-0.39, 0.29) is 0 Å². The molecule has 0 saturated carbocycles. The molecule has 5 rings (SSSR count). The van der Waals surface area contributed by atoms with Crippen molar-refractivity contribution >= 4 is 57.4 Å². The number of halogens is 2. The smallest absolute Gasteiger partial charge is 0.0959 e. The number of rotatable bonds is 6. The highest BCUT2D eigenvalue weighted by atomic mass is 35.5. The van der Waals surface area contributed by atoms with Crippen LogP contribution < -0.4 is 10.2 Å². The maximum atomic E-state index is 6.20. The van der Waals surface area contributed by atoms with Crippen LogP contribution in [0.3, 0.4) is 0 Å². The number of nitrogens with zero attached hydrogens (tertiary/aromatic N) is 3. The number of aromatic nitrogens is 1. The molecule has 1 aliphatic heterocycles. The van der Waals surface area contributed by atoms with Crippen molar-refractivity contribution in [1.82, 2.24) is 9.29 Å². The van der Waals surface area contributed by atoms with Crippen LogP contribution in [0.5, 0.6) is 0 Å². The standard InChI is InChI=1S/C28H28Cl2N4S/c1-19-6-9-22(10-7-19)35-34-14-12-33(13-15-34)27-5-3-4-23-26(16-20(2)32-28(23)27)31-18-21-8-11-24(29)25(30)17-21/h3-11,16-17H,12-15,18H2,1-2H3,(H,31,32). The highest BCUT2D eigenvalue weighted by Gasteiger charge is 2.21. The van der Waals surface area contributed by atoms with Gasteiger partial charge in [0.1, 0.15) is 0 Å². The van der Waals surface area contributed by atoms with Crippen LogP contribution in [-0.2, 0) is 6.54 Å². The molecular formula is C28H28Cl2N4S. The molecule has 4 nitrogen and oxygen atoms in total. The number of pyridine rings is 1. The lowest BCUT2D eigenvalue weighted by molar-refractivity contribution is 0.430. The molecule has 35 heavy (non-hydrogen) atoms. The zero-order chi connectivity index (χ0) is 24.4. The third kappa shape index (κ3) is 5.70. The minimum atomic E-state index is 0.572. The Kier molecular flexibility index (Phi) is 7.40. The predicted molar refractivity (Wildman–Crippen MR) is 151 cm³/mol. The van der Waals surface area contributed by atoms with Crippen molar-refractivity contribution in [3.8, 4) is 0 Å². The molecular weight excluding hydrogens is 495 g/mol. The Morgan fingerprint density at radius 3 is 2.40 bits per heavy atom. The van der Waals surface area contributed by atoms with Crippen molar-refractivity contribution in [3.05, 3.63) is 93.6 Å². The van der Waals surface area contributed by atoms with Crippen LogP contribution >= 0.6 is 35.1 Å².